The van der Waals surface area contributed by atoms with E-state index in [4.69, 9.17) is 10.5 Å². The summed E-state index contributed by atoms with van der Waals surface area (Å²) in [5.41, 5.74) is 5.17. The third kappa shape index (κ3) is 3.83. The summed E-state index contributed by atoms with van der Waals surface area (Å²) >= 11 is 0. The zero-order valence-corrected chi connectivity index (χ0v) is 6.51. The number of ether oxygens (including phenoxy) is 1. The summed E-state index contributed by atoms with van der Waals surface area (Å²) in [6, 6.07) is 0. The highest BCUT2D eigenvalue weighted by Crippen LogP contribution is 2.28. The summed E-state index contributed by atoms with van der Waals surface area (Å²) in [7, 11) is 0. The van der Waals surface area contributed by atoms with Crippen molar-refractivity contribution < 1.29 is 9.53 Å². The van der Waals surface area contributed by atoms with Crippen LogP contribution in [0.1, 0.15) is 12.8 Å². The number of nitrogens with one attached hydrogen (secondary N) is 1. The highest BCUT2D eigenvalue weighted by Gasteiger charge is 2.22. The van der Waals surface area contributed by atoms with Crippen molar-refractivity contribution in [2.24, 2.45) is 11.7 Å². The normalized spacial score (nSPS) is 16.1. The van der Waals surface area contributed by atoms with Gasteiger partial charge in [-0.15, -0.1) is 0 Å². The molecule has 0 spiro atoms. The number of hydrogen-bond donors (Lipinski definition) is 2. The Balaban J connectivity index is 1.91. The summed E-state index contributed by atoms with van der Waals surface area (Å²) in [6.45, 7) is 1.51. The van der Waals surface area contributed by atoms with Crippen LogP contribution in [0.2, 0.25) is 0 Å². The molecule has 0 aliphatic heterocycles. The standard InChI is InChI=1S/C7H14N2O2/c8-3-4-9-7(10)11-5-6-1-2-6/h6H,1-5,8H2,(H,9,10). The smallest absolute Gasteiger partial charge is 0.407 e. The molecular weight excluding hydrogens is 144 g/mol. The van der Waals surface area contributed by atoms with Gasteiger partial charge in [-0.3, -0.25) is 0 Å². The first kappa shape index (κ1) is 8.33. The van der Waals surface area contributed by atoms with Gasteiger partial charge in [0.15, 0.2) is 0 Å². The van der Waals surface area contributed by atoms with Crippen LogP contribution in [0.25, 0.3) is 0 Å². The van der Waals surface area contributed by atoms with E-state index in [9.17, 15) is 4.79 Å². The molecule has 1 amide bonds. The third-order valence-corrected chi connectivity index (χ3v) is 1.56. The molecule has 1 rings (SSSR count). The van der Waals surface area contributed by atoms with Gasteiger partial charge in [-0.1, -0.05) is 0 Å². The highest BCUT2D eigenvalue weighted by atomic mass is 16.5. The fourth-order valence-corrected chi connectivity index (χ4v) is 0.703. The number of hydrogen-bond acceptors (Lipinski definition) is 3. The van der Waals surface area contributed by atoms with Crippen LogP contribution in [0.4, 0.5) is 4.79 Å². The average Bonchev–Trinajstić information content (AvgIpc) is 2.80. The average molecular weight is 158 g/mol. The summed E-state index contributed by atoms with van der Waals surface area (Å²) in [6.07, 6.45) is 2.05. The molecule has 1 aliphatic carbocycles. The van der Waals surface area contributed by atoms with E-state index < -0.39 is 0 Å². The van der Waals surface area contributed by atoms with Gasteiger partial charge in [0.2, 0.25) is 0 Å². The summed E-state index contributed by atoms with van der Waals surface area (Å²) in [5.74, 6) is 0.624. The van der Waals surface area contributed by atoms with E-state index >= 15 is 0 Å². The van der Waals surface area contributed by atoms with Crippen molar-refractivity contribution >= 4 is 6.09 Å². The molecule has 1 aliphatic rings. The van der Waals surface area contributed by atoms with Crippen molar-refractivity contribution in [1.82, 2.24) is 5.32 Å². The van der Waals surface area contributed by atoms with Gasteiger partial charge in [0.25, 0.3) is 0 Å². The van der Waals surface area contributed by atoms with Crippen LogP contribution in [-0.4, -0.2) is 25.8 Å². The number of amides is 1. The molecule has 11 heavy (non-hydrogen) atoms. The van der Waals surface area contributed by atoms with Crippen molar-refractivity contribution in [3.8, 4) is 0 Å². The van der Waals surface area contributed by atoms with E-state index in [2.05, 4.69) is 5.32 Å². The van der Waals surface area contributed by atoms with Gasteiger partial charge in [-0.05, 0) is 18.8 Å². The molecule has 0 atom stereocenters. The zero-order valence-electron chi connectivity index (χ0n) is 6.51. The molecule has 1 saturated carbocycles. The van der Waals surface area contributed by atoms with E-state index in [0.29, 0.717) is 25.6 Å². The Labute approximate surface area is 66.1 Å². The first-order chi connectivity index (χ1) is 5.33. The molecule has 0 aromatic rings. The number of carbonyl (C=O) groups is 1. The molecule has 0 aromatic carbocycles. The van der Waals surface area contributed by atoms with Crippen LogP contribution in [-0.2, 0) is 4.74 Å². The Hall–Kier alpha value is -0.770. The van der Waals surface area contributed by atoms with Crippen molar-refractivity contribution in [1.29, 1.82) is 0 Å². The molecule has 4 heteroatoms. The fraction of sp³-hybridized carbons (Fsp3) is 0.857. The van der Waals surface area contributed by atoms with Crippen molar-refractivity contribution in [3.63, 3.8) is 0 Å². The third-order valence-electron chi connectivity index (χ3n) is 1.56. The van der Waals surface area contributed by atoms with Gasteiger partial charge < -0.3 is 15.8 Å². The summed E-state index contributed by atoms with van der Waals surface area (Å²) in [4.78, 5) is 10.7. The second kappa shape index (κ2) is 4.18. The predicted octanol–water partition coefficient (Wildman–Crippen LogP) is 0.0813. The second-order valence-corrected chi connectivity index (χ2v) is 2.76. The number of carbonyl (C=O) groups excluding carboxylic acids is 1. The highest BCUT2D eigenvalue weighted by molar-refractivity contribution is 5.67. The van der Waals surface area contributed by atoms with E-state index in [1.807, 2.05) is 0 Å². The molecule has 0 unspecified atom stereocenters. The maximum atomic E-state index is 10.7. The second-order valence-electron chi connectivity index (χ2n) is 2.76. The number of alkyl carbamates (subject to hydrolysis) is 1. The molecule has 0 heterocycles. The Bertz CT molecular complexity index is 134. The minimum Gasteiger partial charge on any atom is -0.449 e. The van der Waals surface area contributed by atoms with Gasteiger partial charge in [0.1, 0.15) is 0 Å². The van der Waals surface area contributed by atoms with E-state index in [1.54, 1.807) is 0 Å². The Kier molecular flexibility index (Phi) is 3.16. The lowest BCUT2D eigenvalue weighted by molar-refractivity contribution is 0.141. The zero-order chi connectivity index (χ0) is 8.10. The van der Waals surface area contributed by atoms with Crippen LogP contribution in [0.15, 0.2) is 0 Å². The molecule has 64 valence electrons. The lowest BCUT2D eigenvalue weighted by atomic mass is 10.5. The summed E-state index contributed by atoms with van der Waals surface area (Å²) < 4.78 is 4.86. The van der Waals surface area contributed by atoms with Crippen LogP contribution in [0.3, 0.4) is 0 Å². The number of nitrogens with two attached hydrogens (primary N) is 1. The molecule has 0 saturated heterocycles. The topological polar surface area (TPSA) is 64.3 Å². The van der Waals surface area contributed by atoms with E-state index in [1.165, 1.54) is 12.8 Å². The molecule has 0 radical (unpaired) electrons. The SMILES string of the molecule is NCCNC(=O)OCC1CC1. The Morgan fingerprint density at radius 3 is 2.91 bits per heavy atom. The van der Waals surface area contributed by atoms with Crippen molar-refractivity contribution in [2.75, 3.05) is 19.7 Å². The lowest BCUT2D eigenvalue weighted by Crippen LogP contribution is -2.30. The Morgan fingerprint density at radius 1 is 1.64 bits per heavy atom. The minimum atomic E-state index is -0.345. The first-order valence-corrected chi connectivity index (χ1v) is 3.93. The molecule has 0 bridgehead atoms. The quantitative estimate of drug-likeness (QED) is 0.609. The van der Waals surface area contributed by atoms with E-state index in [0.717, 1.165) is 0 Å². The maximum Gasteiger partial charge on any atom is 0.407 e. The predicted molar refractivity (Wildman–Crippen MR) is 41.1 cm³/mol. The van der Waals surface area contributed by atoms with Gasteiger partial charge in [-0.25, -0.2) is 4.79 Å². The van der Waals surface area contributed by atoms with Crippen molar-refractivity contribution in [2.45, 2.75) is 12.8 Å². The Morgan fingerprint density at radius 2 is 2.36 bits per heavy atom. The maximum absolute atomic E-state index is 10.7. The molecule has 1 fully saturated rings. The van der Waals surface area contributed by atoms with Gasteiger partial charge in [0, 0.05) is 13.1 Å². The first-order valence-electron chi connectivity index (χ1n) is 3.93. The van der Waals surface area contributed by atoms with Gasteiger partial charge in [-0.2, -0.15) is 0 Å². The van der Waals surface area contributed by atoms with Crippen molar-refractivity contribution in [3.05, 3.63) is 0 Å². The summed E-state index contributed by atoms with van der Waals surface area (Å²) in [5, 5.41) is 2.53. The van der Waals surface area contributed by atoms with Gasteiger partial charge >= 0.3 is 6.09 Å². The van der Waals surface area contributed by atoms with Gasteiger partial charge in [0.05, 0.1) is 6.61 Å². The number of rotatable bonds is 4. The molecule has 0 aromatic heterocycles. The molecule has 4 nitrogen and oxygen atoms in total. The lowest BCUT2D eigenvalue weighted by Gasteiger charge is -2.03. The largest absolute Gasteiger partial charge is 0.449 e. The molecular formula is C7H14N2O2. The molecule has 3 N–H and O–H groups in total. The minimum absolute atomic E-state index is 0.345. The van der Waals surface area contributed by atoms with E-state index in [-0.39, 0.29) is 6.09 Å². The fourth-order valence-electron chi connectivity index (χ4n) is 0.703. The van der Waals surface area contributed by atoms with Crippen LogP contribution in [0, 0.1) is 5.92 Å². The van der Waals surface area contributed by atoms with Crippen LogP contribution < -0.4 is 11.1 Å². The monoisotopic (exact) mass is 158 g/mol. The van der Waals surface area contributed by atoms with Crippen LogP contribution >= 0.6 is 0 Å². The van der Waals surface area contributed by atoms with Crippen LogP contribution in [0.5, 0.6) is 0 Å².